The molecule has 0 heterocycles. The van der Waals surface area contributed by atoms with Gasteiger partial charge in [-0.2, -0.15) is 0 Å². The fourth-order valence-electron chi connectivity index (χ4n) is 2.56. The zero-order valence-electron chi connectivity index (χ0n) is 13.2. The Balaban J connectivity index is 2.05. The summed E-state index contributed by atoms with van der Waals surface area (Å²) >= 11 is 0. The number of hydrogen-bond donors (Lipinski definition) is 1. The molecule has 0 amide bonds. The van der Waals surface area contributed by atoms with Crippen LogP contribution in [0.2, 0.25) is 0 Å². The van der Waals surface area contributed by atoms with E-state index in [-0.39, 0.29) is 18.1 Å². The largest absolute Gasteiger partial charge is 0.469 e. The molecule has 0 spiro atoms. The Morgan fingerprint density at radius 3 is 2.23 bits per heavy atom. The van der Waals surface area contributed by atoms with Gasteiger partial charge in [-0.05, 0) is 24.5 Å². The summed E-state index contributed by atoms with van der Waals surface area (Å²) in [5.41, 5.74) is 2.43. The van der Waals surface area contributed by atoms with Crippen LogP contribution in [0.25, 0.3) is 0 Å². The average Bonchev–Trinajstić information content (AvgIpc) is 2.56. The van der Waals surface area contributed by atoms with E-state index in [1.807, 2.05) is 36.4 Å². The maximum absolute atomic E-state index is 11.7. The molecule has 22 heavy (non-hydrogen) atoms. The molecule has 0 aromatic heterocycles. The fourth-order valence-corrected chi connectivity index (χ4v) is 2.56. The van der Waals surface area contributed by atoms with Gasteiger partial charge in [0.05, 0.1) is 13.5 Å². The first-order chi connectivity index (χ1) is 10.7. The smallest absolute Gasteiger partial charge is 0.307 e. The monoisotopic (exact) mass is 297 g/mol. The number of hydrogen-bond acceptors (Lipinski definition) is 3. The van der Waals surface area contributed by atoms with Crippen LogP contribution in [0, 0.1) is 0 Å². The van der Waals surface area contributed by atoms with Crippen LogP contribution in [0.5, 0.6) is 0 Å². The lowest BCUT2D eigenvalue weighted by Gasteiger charge is -2.23. The van der Waals surface area contributed by atoms with Gasteiger partial charge in [0, 0.05) is 12.1 Å². The van der Waals surface area contributed by atoms with Gasteiger partial charge in [0.2, 0.25) is 0 Å². The van der Waals surface area contributed by atoms with Crippen molar-refractivity contribution in [2.24, 2.45) is 0 Å². The van der Waals surface area contributed by atoms with Crippen LogP contribution in [-0.2, 0) is 16.0 Å². The van der Waals surface area contributed by atoms with Crippen molar-refractivity contribution in [3.8, 4) is 0 Å². The van der Waals surface area contributed by atoms with Crippen molar-refractivity contribution in [3.05, 3.63) is 71.8 Å². The summed E-state index contributed by atoms with van der Waals surface area (Å²) in [6, 6.07) is 20.7. The number of carbonyl (C=O) groups is 1. The Hall–Kier alpha value is -2.13. The lowest BCUT2D eigenvalue weighted by atomic mass is 10.0. The maximum Gasteiger partial charge on any atom is 0.307 e. The van der Waals surface area contributed by atoms with E-state index in [2.05, 4.69) is 36.5 Å². The Labute approximate surface area is 132 Å². The van der Waals surface area contributed by atoms with Crippen molar-refractivity contribution < 1.29 is 9.53 Å². The van der Waals surface area contributed by atoms with E-state index in [9.17, 15) is 4.79 Å². The molecule has 116 valence electrons. The molecule has 3 heteroatoms. The van der Waals surface area contributed by atoms with E-state index in [4.69, 9.17) is 4.74 Å². The summed E-state index contributed by atoms with van der Waals surface area (Å²) in [7, 11) is 1.43. The maximum atomic E-state index is 11.7. The van der Waals surface area contributed by atoms with Crippen molar-refractivity contribution in [3.63, 3.8) is 0 Å². The minimum Gasteiger partial charge on any atom is -0.469 e. The fraction of sp³-hybridized carbons (Fsp3) is 0.316. The first-order valence-electron chi connectivity index (χ1n) is 7.60. The average molecular weight is 297 g/mol. The third kappa shape index (κ3) is 5.01. The van der Waals surface area contributed by atoms with E-state index in [0.29, 0.717) is 6.42 Å². The molecule has 2 aromatic rings. The number of ether oxygens (including phenoxy) is 1. The van der Waals surface area contributed by atoms with Crippen molar-refractivity contribution in [1.29, 1.82) is 0 Å². The van der Waals surface area contributed by atoms with Gasteiger partial charge >= 0.3 is 5.97 Å². The van der Waals surface area contributed by atoms with E-state index < -0.39 is 0 Å². The van der Waals surface area contributed by atoms with Gasteiger partial charge in [0.25, 0.3) is 0 Å². The first kappa shape index (κ1) is 16.2. The molecule has 0 fully saturated rings. The highest BCUT2D eigenvalue weighted by molar-refractivity contribution is 5.70. The van der Waals surface area contributed by atoms with Crippen LogP contribution in [0.1, 0.15) is 30.5 Å². The van der Waals surface area contributed by atoms with Crippen molar-refractivity contribution >= 4 is 5.97 Å². The van der Waals surface area contributed by atoms with Gasteiger partial charge in [0.1, 0.15) is 0 Å². The molecule has 0 saturated carbocycles. The van der Waals surface area contributed by atoms with Crippen LogP contribution in [-0.4, -0.2) is 19.1 Å². The highest BCUT2D eigenvalue weighted by Crippen LogP contribution is 2.15. The predicted octanol–water partition coefficient (Wildman–Crippen LogP) is 3.51. The molecule has 2 atom stereocenters. The highest BCUT2D eigenvalue weighted by atomic mass is 16.5. The molecular formula is C19H23NO2. The summed E-state index contributed by atoms with van der Waals surface area (Å²) in [4.78, 5) is 11.7. The van der Waals surface area contributed by atoms with Crippen molar-refractivity contribution in [2.75, 3.05) is 7.11 Å². The van der Waals surface area contributed by atoms with E-state index in [0.717, 1.165) is 6.42 Å². The van der Waals surface area contributed by atoms with Crippen molar-refractivity contribution in [1.82, 2.24) is 5.32 Å². The lowest BCUT2D eigenvalue weighted by Crippen LogP contribution is -2.35. The molecule has 3 nitrogen and oxygen atoms in total. The standard InChI is InChI=1S/C19H23NO2/c1-15(17-11-7-4-8-12-17)20-18(14-19(21)22-2)13-16-9-5-3-6-10-16/h3-12,15,18,20H,13-14H2,1-2H3/t15-,18-/m1/s1. The zero-order valence-corrected chi connectivity index (χ0v) is 13.2. The van der Waals surface area contributed by atoms with Gasteiger partial charge < -0.3 is 10.1 Å². The molecule has 2 aromatic carbocycles. The van der Waals surface area contributed by atoms with Gasteiger partial charge in [-0.3, -0.25) is 4.79 Å². The van der Waals surface area contributed by atoms with Gasteiger partial charge in [-0.25, -0.2) is 0 Å². The van der Waals surface area contributed by atoms with Crippen LogP contribution >= 0.6 is 0 Å². The summed E-state index contributed by atoms with van der Waals surface area (Å²) in [5.74, 6) is -0.186. The predicted molar refractivity (Wildman–Crippen MR) is 88.6 cm³/mol. The molecule has 0 radical (unpaired) electrons. The molecule has 0 bridgehead atoms. The summed E-state index contributed by atoms with van der Waals surface area (Å²) in [5, 5.41) is 3.55. The topological polar surface area (TPSA) is 38.3 Å². The Kier molecular flexibility index (Phi) is 6.16. The van der Waals surface area contributed by atoms with Gasteiger partial charge in [-0.1, -0.05) is 60.7 Å². The number of benzene rings is 2. The van der Waals surface area contributed by atoms with E-state index in [1.54, 1.807) is 0 Å². The van der Waals surface area contributed by atoms with Gasteiger partial charge in [0.15, 0.2) is 0 Å². The molecule has 0 aliphatic heterocycles. The molecule has 0 saturated heterocycles. The Bertz CT molecular complexity index is 569. The van der Waals surface area contributed by atoms with Crippen LogP contribution in [0.3, 0.4) is 0 Å². The number of carbonyl (C=O) groups excluding carboxylic acids is 1. The second-order valence-electron chi connectivity index (χ2n) is 5.47. The second-order valence-corrected chi connectivity index (χ2v) is 5.47. The third-order valence-electron chi connectivity index (χ3n) is 3.75. The first-order valence-corrected chi connectivity index (χ1v) is 7.60. The quantitative estimate of drug-likeness (QED) is 0.795. The summed E-state index contributed by atoms with van der Waals surface area (Å²) in [6.07, 6.45) is 1.16. The molecule has 1 N–H and O–H groups in total. The third-order valence-corrected chi connectivity index (χ3v) is 3.75. The second kappa shape index (κ2) is 8.35. The molecule has 2 rings (SSSR count). The van der Waals surface area contributed by atoms with Crippen LogP contribution in [0.4, 0.5) is 0 Å². The highest BCUT2D eigenvalue weighted by Gasteiger charge is 2.17. The van der Waals surface area contributed by atoms with E-state index >= 15 is 0 Å². The SMILES string of the molecule is COC(=O)C[C@@H](Cc1ccccc1)N[C@H](C)c1ccccc1. The summed E-state index contributed by atoms with van der Waals surface area (Å²) in [6.45, 7) is 2.12. The number of rotatable bonds is 7. The van der Waals surface area contributed by atoms with Gasteiger partial charge in [-0.15, -0.1) is 0 Å². The van der Waals surface area contributed by atoms with E-state index in [1.165, 1.54) is 18.2 Å². The van der Waals surface area contributed by atoms with Crippen LogP contribution < -0.4 is 5.32 Å². The lowest BCUT2D eigenvalue weighted by molar-refractivity contribution is -0.141. The Morgan fingerprint density at radius 2 is 1.64 bits per heavy atom. The number of methoxy groups -OCH3 is 1. The summed E-state index contributed by atoms with van der Waals surface area (Å²) < 4.78 is 4.83. The minimum atomic E-state index is -0.186. The molecular weight excluding hydrogens is 274 g/mol. The zero-order chi connectivity index (χ0) is 15.8. The minimum absolute atomic E-state index is 0.0463. The number of esters is 1. The normalized spacial score (nSPS) is 13.4. The molecule has 0 unspecified atom stereocenters. The van der Waals surface area contributed by atoms with Crippen LogP contribution in [0.15, 0.2) is 60.7 Å². The number of nitrogens with one attached hydrogen (secondary N) is 1. The molecule has 0 aliphatic rings. The molecule has 0 aliphatic carbocycles. The Morgan fingerprint density at radius 1 is 1.05 bits per heavy atom. The van der Waals surface area contributed by atoms with Crippen molar-refractivity contribution in [2.45, 2.75) is 31.8 Å².